The maximum absolute atomic E-state index is 11.6. The monoisotopic (exact) mass is 322 g/mol. The third-order valence-electron chi connectivity index (χ3n) is 8.67. The van der Waals surface area contributed by atoms with Gasteiger partial charge in [-0.25, -0.2) is 4.79 Å². The third-order valence-corrected chi connectivity index (χ3v) is 8.67. The van der Waals surface area contributed by atoms with E-state index in [-0.39, 0.29) is 16.9 Å². The van der Waals surface area contributed by atoms with E-state index in [1.165, 1.54) is 0 Å². The van der Waals surface area contributed by atoms with Crippen molar-refractivity contribution in [2.75, 3.05) is 0 Å². The minimum Gasteiger partial charge on any atom is -0.479 e. The number of carboxylic acids is 1. The first-order valence-corrected chi connectivity index (χ1v) is 9.34. The molecule has 0 amide bonds. The highest BCUT2D eigenvalue weighted by Crippen LogP contribution is 2.68. The van der Waals surface area contributed by atoms with Gasteiger partial charge in [0.15, 0.2) is 5.60 Å². The van der Waals surface area contributed by atoms with Crippen LogP contribution in [0.25, 0.3) is 0 Å². The highest BCUT2D eigenvalue weighted by Gasteiger charge is 2.64. The Kier molecular flexibility index (Phi) is 3.26. The second kappa shape index (κ2) is 4.72. The lowest BCUT2D eigenvalue weighted by Gasteiger charge is -2.57. The Bertz CT molecular complexity index is 533. The lowest BCUT2D eigenvalue weighted by Crippen LogP contribution is -2.51. The molecule has 0 bridgehead atoms. The Morgan fingerprint density at radius 3 is 2.39 bits per heavy atom. The summed E-state index contributed by atoms with van der Waals surface area (Å²) in [5.74, 6) is 0.982. The highest BCUT2D eigenvalue weighted by molar-refractivity contribution is 5.77. The van der Waals surface area contributed by atoms with Gasteiger partial charge in [0.1, 0.15) is 0 Å². The summed E-state index contributed by atoms with van der Waals surface area (Å²) in [4.78, 5) is 11.6. The van der Waals surface area contributed by atoms with Crippen molar-refractivity contribution in [2.45, 2.75) is 76.9 Å². The molecule has 4 fully saturated rings. The van der Waals surface area contributed by atoms with E-state index >= 15 is 0 Å². The van der Waals surface area contributed by atoms with Crippen molar-refractivity contribution in [2.24, 2.45) is 34.5 Å². The maximum atomic E-state index is 11.6. The van der Waals surface area contributed by atoms with Crippen LogP contribution in [0, 0.1) is 34.5 Å². The first kappa shape index (κ1) is 15.9. The number of rotatable bonds is 1. The number of carbonyl (C=O) groups is 1. The molecule has 8 atom stereocenters. The molecule has 0 unspecified atom stereocenters. The van der Waals surface area contributed by atoms with Crippen LogP contribution in [0.15, 0.2) is 0 Å². The van der Waals surface area contributed by atoms with Gasteiger partial charge >= 0.3 is 5.97 Å². The average Bonchev–Trinajstić information content (AvgIpc) is 2.93. The zero-order valence-electron chi connectivity index (χ0n) is 14.3. The topological polar surface area (TPSA) is 77.8 Å². The zero-order chi connectivity index (χ0) is 16.6. The predicted molar refractivity (Wildman–Crippen MR) is 85.7 cm³/mol. The van der Waals surface area contributed by atoms with Gasteiger partial charge in [0.25, 0.3) is 0 Å². The number of hydrogen-bond acceptors (Lipinski definition) is 3. The molecule has 0 aromatic carbocycles. The van der Waals surface area contributed by atoms with Crippen molar-refractivity contribution < 1.29 is 20.1 Å². The SMILES string of the molecule is C[C@]12C[C@](O)(C(=O)O)C[C@@H]1CC[C@H]1[C@H]2CC[C@]2(C)[C@@H](O)CC[C@@H]12. The molecule has 0 aromatic rings. The molecule has 0 spiro atoms. The second-order valence-electron chi connectivity index (χ2n) is 9.51. The molecule has 130 valence electrons. The van der Waals surface area contributed by atoms with Crippen molar-refractivity contribution in [3.8, 4) is 0 Å². The molecule has 4 nitrogen and oxygen atoms in total. The Morgan fingerprint density at radius 1 is 1.00 bits per heavy atom. The fourth-order valence-electron chi connectivity index (χ4n) is 7.39. The Morgan fingerprint density at radius 2 is 1.70 bits per heavy atom. The number of carboxylic acid groups (broad SMARTS) is 1. The standard InChI is InChI=1S/C19H30O4/c1-17-8-7-14-12(13(17)5-6-15(17)20)4-3-11-9-19(23,16(21)22)10-18(11,14)2/h11-15,20,23H,3-10H2,1-2H3,(H,21,22)/t11-,12+,13-,14+,15-,17-,18-,19-/m0/s1. The van der Waals surface area contributed by atoms with E-state index in [2.05, 4.69) is 13.8 Å². The molecule has 0 aliphatic heterocycles. The van der Waals surface area contributed by atoms with E-state index in [9.17, 15) is 20.1 Å². The minimum atomic E-state index is -1.52. The summed E-state index contributed by atoms with van der Waals surface area (Å²) in [6.45, 7) is 4.51. The summed E-state index contributed by atoms with van der Waals surface area (Å²) in [6, 6.07) is 0. The molecule has 0 heterocycles. The zero-order valence-corrected chi connectivity index (χ0v) is 14.3. The van der Waals surface area contributed by atoms with Gasteiger partial charge in [0.2, 0.25) is 0 Å². The van der Waals surface area contributed by atoms with Crippen LogP contribution in [0.4, 0.5) is 0 Å². The van der Waals surface area contributed by atoms with Crippen LogP contribution in [0.2, 0.25) is 0 Å². The van der Waals surface area contributed by atoms with Crippen LogP contribution in [0.3, 0.4) is 0 Å². The van der Waals surface area contributed by atoms with Gasteiger partial charge in [-0.05, 0) is 85.9 Å². The van der Waals surface area contributed by atoms with Gasteiger partial charge in [-0.2, -0.15) is 0 Å². The molecule has 0 saturated heterocycles. The number of aliphatic carboxylic acids is 1. The number of aliphatic hydroxyl groups excluding tert-OH is 1. The molecule has 4 heteroatoms. The van der Waals surface area contributed by atoms with Gasteiger partial charge in [-0.15, -0.1) is 0 Å². The highest BCUT2D eigenvalue weighted by atomic mass is 16.4. The molecule has 4 aliphatic carbocycles. The summed E-state index contributed by atoms with van der Waals surface area (Å²) < 4.78 is 0. The van der Waals surface area contributed by atoms with Gasteiger partial charge in [0, 0.05) is 0 Å². The van der Waals surface area contributed by atoms with E-state index in [1.54, 1.807) is 0 Å². The third kappa shape index (κ3) is 1.94. The maximum Gasteiger partial charge on any atom is 0.335 e. The Hall–Kier alpha value is -0.610. The molecule has 0 aromatic heterocycles. The van der Waals surface area contributed by atoms with Gasteiger partial charge in [-0.1, -0.05) is 13.8 Å². The smallest absolute Gasteiger partial charge is 0.335 e. The van der Waals surface area contributed by atoms with Gasteiger partial charge < -0.3 is 15.3 Å². The summed E-state index contributed by atoms with van der Waals surface area (Å²) in [5, 5.41) is 30.5. The number of aliphatic hydroxyl groups is 2. The van der Waals surface area contributed by atoms with Crippen LogP contribution in [0.1, 0.15) is 65.2 Å². The van der Waals surface area contributed by atoms with Crippen LogP contribution in [-0.2, 0) is 4.79 Å². The molecule has 3 N–H and O–H groups in total. The lowest BCUT2D eigenvalue weighted by molar-refractivity contribution is -0.159. The predicted octanol–water partition coefficient (Wildman–Crippen LogP) is 2.82. The Labute approximate surface area is 138 Å². The van der Waals surface area contributed by atoms with Crippen molar-refractivity contribution in [3.05, 3.63) is 0 Å². The first-order valence-electron chi connectivity index (χ1n) is 9.34. The van der Waals surface area contributed by atoms with E-state index in [0.717, 1.165) is 38.5 Å². The molecule has 0 radical (unpaired) electrons. The van der Waals surface area contributed by atoms with E-state index in [1.807, 2.05) is 0 Å². The summed E-state index contributed by atoms with van der Waals surface area (Å²) >= 11 is 0. The largest absolute Gasteiger partial charge is 0.479 e. The van der Waals surface area contributed by atoms with Crippen LogP contribution < -0.4 is 0 Å². The summed E-state index contributed by atoms with van der Waals surface area (Å²) in [7, 11) is 0. The first-order chi connectivity index (χ1) is 10.7. The number of fused-ring (bicyclic) bond motifs is 5. The summed E-state index contributed by atoms with van der Waals surface area (Å²) in [6.07, 6.45) is 7.01. The fourth-order valence-corrected chi connectivity index (χ4v) is 7.39. The van der Waals surface area contributed by atoms with Crippen molar-refractivity contribution in [1.82, 2.24) is 0 Å². The van der Waals surface area contributed by atoms with Crippen molar-refractivity contribution in [1.29, 1.82) is 0 Å². The van der Waals surface area contributed by atoms with Crippen LogP contribution in [0.5, 0.6) is 0 Å². The summed E-state index contributed by atoms with van der Waals surface area (Å²) in [5.41, 5.74) is -1.51. The average molecular weight is 322 g/mol. The molecular weight excluding hydrogens is 292 g/mol. The molecular formula is C19H30O4. The molecule has 23 heavy (non-hydrogen) atoms. The van der Waals surface area contributed by atoms with Crippen molar-refractivity contribution in [3.63, 3.8) is 0 Å². The quantitative estimate of drug-likeness (QED) is 0.694. The van der Waals surface area contributed by atoms with Gasteiger partial charge in [-0.3, -0.25) is 0 Å². The van der Waals surface area contributed by atoms with E-state index < -0.39 is 11.6 Å². The molecule has 4 aliphatic rings. The second-order valence-corrected chi connectivity index (χ2v) is 9.51. The Balaban J connectivity index is 1.65. The molecule has 4 saturated carbocycles. The van der Waals surface area contributed by atoms with E-state index in [0.29, 0.717) is 36.5 Å². The lowest BCUT2D eigenvalue weighted by atomic mass is 9.48. The van der Waals surface area contributed by atoms with E-state index in [4.69, 9.17) is 0 Å². The van der Waals surface area contributed by atoms with Crippen molar-refractivity contribution >= 4 is 5.97 Å². The minimum absolute atomic E-state index is 0.0507. The van der Waals surface area contributed by atoms with Crippen LogP contribution >= 0.6 is 0 Å². The fraction of sp³-hybridized carbons (Fsp3) is 0.947. The number of hydrogen-bond donors (Lipinski definition) is 3. The normalized spacial score (nSPS) is 58.3. The van der Waals surface area contributed by atoms with Crippen LogP contribution in [-0.4, -0.2) is 33.0 Å². The molecule has 4 rings (SSSR count). The van der Waals surface area contributed by atoms with Gasteiger partial charge in [0.05, 0.1) is 6.10 Å².